The summed E-state index contributed by atoms with van der Waals surface area (Å²) in [7, 11) is -6.21. The van der Waals surface area contributed by atoms with E-state index in [-0.39, 0.29) is 52.3 Å². The largest absolute Gasteiger partial charge is 1.00 e. The molecule has 1 heterocycles. The Bertz CT molecular complexity index is 744. The number of ether oxygens (including phenoxy) is 2. The summed E-state index contributed by atoms with van der Waals surface area (Å²) in [6.45, 7) is 38.1. The van der Waals surface area contributed by atoms with E-state index in [2.05, 4.69) is 120 Å². The van der Waals surface area contributed by atoms with E-state index in [1.807, 2.05) is 0 Å². The summed E-state index contributed by atoms with van der Waals surface area (Å²) in [6.07, 6.45) is 2.00. The molecule has 0 spiro atoms. The molecule has 0 aromatic rings. The van der Waals surface area contributed by atoms with Crippen molar-refractivity contribution < 1.29 is 41.6 Å². The molecule has 0 bridgehead atoms. The van der Waals surface area contributed by atoms with Crippen LogP contribution in [0.1, 0.15) is 68.7 Å². The van der Waals surface area contributed by atoms with Crippen LogP contribution in [0.15, 0.2) is 12.3 Å². The van der Waals surface area contributed by atoms with Gasteiger partial charge in [-0.15, -0.1) is 0 Å². The van der Waals surface area contributed by atoms with Crippen molar-refractivity contribution in [1.29, 1.82) is 0 Å². The maximum Gasteiger partial charge on any atom is 1.00 e. The molecule has 206 valence electrons. The van der Waals surface area contributed by atoms with E-state index < -0.39 is 31.2 Å². The first-order valence-corrected chi connectivity index (χ1v) is 21.8. The Hall–Kier alpha value is 0.408. The third-order valence-corrected chi connectivity index (χ3v) is 22.1. The fraction of sp³-hybridized carbons (Fsp3) is 0.889. The standard InChI is InChI=1S/C27H55O5Si3.Li/c1-17-18-28-23-19-21(31-34(13,14)26(5,6)7)24(32-35(15,16)27(8,9)10)22(30-23)20-29-33(11,12)25(2,3)4;/h21-24H,1,19-20H2,2-16H3;/q-1;+1. The number of hydrogen-bond donors (Lipinski definition) is 0. The Morgan fingerprint density at radius 1 is 0.806 bits per heavy atom. The average Bonchev–Trinajstić information content (AvgIpc) is 2.63. The Kier molecular flexibility index (Phi) is 12.9. The normalized spacial score (nSPS) is 24.5. The van der Waals surface area contributed by atoms with Crippen LogP contribution in [-0.4, -0.2) is 56.2 Å². The molecule has 0 amide bonds. The molecule has 0 N–H and O–H groups in total. The Morgan fingerprint density at radius 2 is 1.25 bits per heavy atom. The molecule has 1 aliphatic rings. The minimum absolute atomic E-state index is 0. The number of rotatable bonds is 9. The molecule has 0 aromatic carbocycles. The first-order chi connectivity index (χ1) is 15.5. The molecular weight excluding hydrogens is 495 g/mol. The molecule has 4 unspecified atom stereocenters. The van der Waals surface area contributed by atoms with Crippen molar-refractivity contribution in [2.75, 3.05) is 6.61 Å². The van der Waals surface area contributed by atoms with Gasteiger partial charge in [0.25, 0.3) is 0 Å². The van der Waals surface area contributed by atoms with Crippen LogP contribution in [-0.2, 0) is 22.8 Å². The molecule has 1 rings (SSSR count). The maximum atomic E-state index is 7.07. The quantitative estimate of drug-likeness (QED) is 0.174. The minimum Gasteiger partial charge on any atom is -0.562 e. The zero-order valence-corrected chi connectivity index (χ0v) is 29.5. The van der Waals surface area contributed by atoms with Crippen molar-refractivity contribution in [3.05, 3.63) is 18.6 Å². The smallest absolute Gasteiger partial charge is 0.562 e. The monoisotopic (exact) mass is 550 g/mol. The summed E-state index contributed by atoms with van der Waals surface area (Å²) in [5, 5.41) is 0.235. The molecule has 1 fully saturated rings. The van der Waals surface area contributed by atoms with Gasteiger partial charge in [-0.05, 0) is 60.7 Å². The molecule has 4 atom stereocenters. The van der Waals surface area contributed by atoms with Crippen molar-refractivity contribution in [2.45, 2.75) is 148 Å². The molecule has 0 aliphatic carbocycles. The number of hydrogen-bond acceptors (Lipinski definition) is 5. The van der Waals surface area contributed by atoms with Crippen molar-refractivity contribution in [3.8, 4) is 0 Å². The Morgan fingerprint density at radius 3 is 1.67 bits per heavy atom. The van der Waals surface area contributed by atoms with Crippen molar-refractivity contribution >= 4 is 25.0 Å². The third kappa shape index (κ3) is 9.55. The summed E-state index contributed by atoms with van der Waals surface area (Å²) in [5.74, 6) is 0. The molecule has 0 radical (unpaired) electrons. The molecule has 36 heavy (non-hydrogen) atoms. The Labute approximate surface area is 238 Å². The van der Waals surface area contributed by atoms with E-state index in [4.69, 9.17) is 22.8 Å². The van der Waals surface area contributed by atoms with Gasteiger partial charge in [0, 0.05) is 6.42 Å². The predicted octanol–water partition coefficient (Wildman–Crippen LogP) is 5.03. The fourth-order valence-electron chi connectivity index (χ4n) is 3.05. The molecule has 0 saturated carbocycles. The fourth-order valence-corrected chi connectivity index (χ4v) is 6.75. The van der Waals surface area contributed by atoms with Gasteiger partial charge in [0.15, 0.2) is 31.2 Å². The topological polar surface area (TPSA) is 46.2 Å². The third-order valence-electron chi connectivity index (χ3n) is 8.65. The first kappa shape index (κ1) is 36.4. The van der Waals surface area contributed by atoms with Gasteiger partial charge >= 0.3 is 18.9 Å². The summed E-state index contributed by atoms with van der Waals surface area (Å²) < 4.78 is 33.0. The van der Waals surface area contributed by atoms with Gasteiger partial charge in [-0.2, -0.15) is 0 Å². The van der Waals surface area contributed by atoms with Gasteiger partial charge in [0.1, 0.15) is 6.10 Å². The van der Waals surface area contributed by atoms with E-state index in [9.17, 15) is 0 Å². The molecular formula is C27H55LiO5Si3. The van der Waals surface area contributed by atoms with Crippen LogP contribution >= 0.6 is 0 Å². The van der Waals surface area contributed by atoms with E-state index in [1.165, 1.54) is 0 Å². The van der Waals surface area contributed by atoms with Gasteiger partial charge in [0.2, 0.25) is 0 Å². The second-order valence-electron chi connectivity index (χ2n) is 14.6. The first-order valence-electron chi connectivity index (χ1n) is 13.0. The zero-order chi connectivity index (χ0) is 27.7. The second kappa shape index (κ2) is 12.7. The van der Waals surface area contributed by atoms with Crippen LogP contribution in [0.2, 0.25) is 54.4 Å². The van der Waals surface area contributed by atoms with Gasteiger partial charge in [-0.1, -0.05) is 62.3 Å². The van der Waals surface area contributed by atoms with Crippen LogP contribution in [0, 0.1) is 6.26 Å². The van der Waals surface area contributed by atoms with Crippen LogP contribution in [0.4, 0.5) is 0 Å². The second-order valence-corrected chi connectivity index (χ2v) is 28.9. The summed E-state index contributed by atoms with van der Waals surface area (Å²) >= 11 is 0. The van der Waals surface area contributed by atoms with Gasteiger partial charge in [-0.25, -0.2) is 6.58 Å². The zero-order valence-electron chi connectivity index (χ0n) is 26.5. The summed E-state index contributed by atoms with van der Waals surface area (Å²) in [4.78, 5) is 0. The predicted molar refractivity (Wildman–Crippen MR) is 154 cm³/mol. The SMILES string of the molecule is C=C=[C-]OC1CC(O[Si](C)(C)C(C)(C)C)C(O[Si](C)(C)C(C)(C)C)C(CO[Si](C)(C)C(C)(C)C)O1.[Li+]. The Balaban J connectivity index is 0.0000122. The van der Waals surface area contributed by atoms with Gasteiger partial charge < -0.3 is 22.8 Å². The molecule has 5 nitrogen and oxygen atoms in total. The average molecular weight is 551 g/mol. The molecule has 0 aromatic heterocycles. The maximum absolute atomic E-state index is 7.07. The van der Waals surface area contributed by atoms with Gasteiger partial charge in [0.05, 0.1) is 18.8 Å². The molecule has 1 saturated heterocycles. The van der Waals surface area contributed by atoms with Crippen molar-refractivity contribution in [3.63, 3.8) is 0 Å². The van der Waals surface area contributed by atoms with Crippen molar-refractivity contribution in [1.82, 2.24) is 0 Å². The van der Waals surface area contributed by atoms with E-state index in [1.54, 1.807) is 0 Å². The van der Waals surface area contributed by atoms with Crippen molar-refractivity contribution in [2.24, 2.45) is 0 Å². The van der Waals surface area contributed by atoms with E-state index >= 15 is 0 Å². The van der Waals surface area contributed by atoms with E-state index in [0.717, 1.165) is 0 Å². The van der Waals surface area contributed by atoms with Crippen LogP contribution in [0.25, 0.3) is 0 Å². The van der Waals surface area contributed by atoms with Gasteiger partial charge in [-0.3, -0.25) is 5.73 Å². The molecule has 9 heteroatoms. The summed E-state index contributed by atoms with van der Waals surface area (Å²) in [5.41, 5.74) is 2.58. The molecule has 1 aliphatic heterocycles. The van der Waals surface area contributed by atoms with Crippen LogP contribution in [0.5, 0.6) is 0 Å². The van der Waals surface area contributed by atoms with Crippen LogP contribution in [0.3, 0.4) is 0 Å². The van der Waals surface area contributed by atoms with E-state index in [0.29, 0.717) is 13.0 Å². The van der Waals surface area contributed by atoms with Crippen LogP contribution < -0.4 is 18.9 Å². The minimum atomic E-state index is -2.12. The summed E-state index contributed by atoms with van der Waals surface area (Å²) in [6, 6.07) is 0.